The third kappa shape index (κ3) is 8.69. The van der Waals surface area contributed by atoms with Crippen LogP contribution in [0.1, 0.15) is 18.4 Å². The molecule has 0 saturated carbocycles. The summed E-state index contributed by atoms with van der Waals surface area (Å²) < 4.78 is 32.1. The molecule has 1 unspecified atom stereocenters. The Labute approximate surface area is 130 Å². The first-order valence-electron chi connectivity index (χ1n) is 7.29. The number of likely N-dealkylation sites (tertiary alicyclic amines) is 1. The molecule has 0 aromatic heterocycles. The molecule has 22 heavy (non-hydrogen) atoms. The second kappa shape index (κ2) is 11.1. The summed E-state index contributed by atoms with van der Waals surface area (Å²) in [5.74, 6) is 0.290. The molecule has 1 atom stereocenters. The highest BCUT2D eigenvalue weighted by Crippen LogP contribution is 2.16. The van der Waals surface area contributed by atoms with Gasteiger partial charge in [0, 0.05) is 6.54 Å². The molecule has 6 heteroatoms. The number of alkyl halides is 2. The molecule has 1 fully saturated rings. The molecule has 0 amide bonds. The van der Waals surface area contributed by atoms with Crippen molar-refractivity contribution in [3.63, 3.8) is 0 Å². The number of benzene rings is 1. The van der Waals surface area contributed by atoms with Gasteiger partial charge in [-0.15, -0.1) is 0 Å². The maximum atomic E-state index is 11.7. The van der Waals surface area contributed by atoms with E-state index in [1.54, 1.807) is 0 Å². The van der Waals surface area contributed by atoms with Gasteiger partial charge >= 0.3 is 6.61 Å². The number of hydrogen-bond acceptors (Lipinski definition) is 4. The van der Waals surface area contributed by atoms with Gasteiger partial charge in [-0.25, -0.2) is 0 Å². The van der Waals surface area contributed by atoms with Crippen molar-refractivity contribution in [2.24, 2.45) is 5.92 Å². The van der Waals surface area contributed by atoms with Crippen molar-refractivity contribution in [3.8, 4) is 0 Å². The van der Waals surface area contributed by atoms with Gasteiger partial charge in [-0.3, -0.25) is 4.79 Å². The minimum atomic E-state index is -2.61. The number of hydrogen-bond donors (Lipinski definition) is 0. The molecule has 1 aliphatic heterocycles. The Bertz CT molecular complexity index is 404. The molecular formula is C16H23F2NO3. The maximum absolute atomic E-state index is 11.7. The zero-order chi connectivity index (χ0) is 16.2. The number of ether oxygens (including phenoxy) is 2. The van der Waals surface area contributed by atoms with Gasteiger partial charge in [0.1, 0.15) is 6.61 Å². The van der Waals surface area contributed by atoms with E-state index in [4.69, 9.17) is 0 Å². The van der Waals surface area contributed by atoms with Crippen molar-refractivity contribution in [2.75, 3.05) is 26.7 Å². The Hall–Kier alpha value is -1.53. The topological polar surface area (TPSA) is 38.8 Å². The molecule has 1 saturated heterocycles. The summed E-state index contributed by atoms with van der Waals surface area (Å²) in [6, 6.07) is 9.55. The highest BCUT2D eigenvalue weighted by atomic mass is 19.3. The van der Waals surface area contributed by atoms with Crippen LogP contribution < -0.4 is 0 Å². The molecule has 4 nitrogen and oxygen atoms in total. The number of rotatable bonds is 6. The fraction of sp³-hybridized carbons (Fsp3) is 0.562. The third-order valence-electron chi connectivity index (χ3n) is 3.34. The van der Waals surface area contributed by atoms with Gasteiger partial charge in [-0.2, -0.15) is 8.78 Å². The Morgan fingerprint density at radius 3 is 2.68 bits per heavy atom. The van der Waals surface area contributed by atoms with Crippen molar-refractivity contribution in [2.45, 2.75) is 26.1 Å². The summed E-state index contributed by atoms with van der Waals surface area (Å²) in [5.41, 5.74) is 1.01. The molecule has 1 aliphatic rings. The highest BCUT2D eigenvalue weighted by molar-refractivity contribution is 5.37. The Balaban J connectivity index is 0.000000224. The second-order valence-corrected chi connectivity index (χ2v) is 5.26. The average Bonchev–Trinajstić information content (AvgIpc) is 2.53. The van der Waals surface area contributed by atoms with Crippen LogP contribution in [0.25, 0.3) is 0 Å². The van der Waals surface area contributed by atoms with Crippen LogP contribution in [0.4, 0.5) is 8.78 Å². The van der Waals surface area contributed by atoms with E-state index in [2.05, 4.69) is 14.4 Å². The largest absolute Gasteiger partial charge is 0.463 e. The van der Waals surface area contributed by atoms with Crippen LogP contribution in [0, 0.1) is 5.92 Å². The monoisotopic (exact) mass is 315 g/mol. The lowest BCUT2D eigenvalue weighted by Gasteiger charge is -2.29. The van der Waals surface area contributed by atoms with E-state index in [0.717, 1.165) is 31.5 Å². The maximum Gasteiger partial charge on any atom is 0.345 e. The van der Waals surface area contributed by atoms with Crippen molar-refractivity contribution in [3.05, 3.63) is 35.9 Å². The van der Waals surface area contributed by atoms with Crippen LogP contribution in [-0.4, -0.2) is 44.7 Å². The molecule has 0 N–H and O–H groups in total. The predicted octanol–water partition coefficient (Wildman–Crippen LogP) is 2.93. The van der Waals surface area contributed by atoms with Gasteiger partial charge in [-0.05, 0) is 37.9 Å². The third-order valence-corrected chi connectivity index (χ3v) is 3.34. The molecule has 2 rings (SSSR count). The van der Waals surface area contributed by atoms with Crippen molar-refractivity contribution >= 4 is 6.47 Å². The van der Waals surface area contributed by atoms with E-state index in [0.29, 0.717) is 13.1 Å². The van der Waals surface area contributed by atoms with Gasteiger partial charge < -0.3 is 14.4 Å². The molecule has 124 valence electrons. The van der Waals surface area contributed by atoms with E-state index in [1.165, 1.54) is 0 Å². The number of halogens is 2. The van der Waals surface area contributed by atoms with Gasteiger partial charge in [0.05, 0.1) is 6.61 Å². The number of carbonyl (C=O) groups excluding carboxylic acids is 1. The first kappa shape index (κ1) is 18.5. The lowest BCUT2D eigenvalue weighted by Crippen LogP contribution is -2.34. The first-order chi connectivity index (χ1) is 10.6. The smallest absolute Gasteiger partial charge is 0.345 e. The molecule has 0 bridgehead atoms. The molecule has 1 aromatic rings. The van der Waals surface area contributed by atoms with Crippen LogP contribution in [0.2, 0.25) is 0 Å². The van der Waals surface area contributed by atoms with Crippen LogP contribution >= 0.6 is 0 Å². The number of carbonyl (C=O) groups is 1. The Morgan fingerprint density at radius 1 is 1.36 bits per heavy atom. The lowest BCUT2D eigenvalue weighted by atomic mass is 10.00. The van der Waals surface area contributed by atoms with Crippen LogP contribution in [0.3, 0.4) is 0 Å². The van der Waals surface area contributed by atoms with Gasteiger partial charge in [0.2, 0.25) is 0 Å². The van der Waals surface area contributed by atoms with Crippen molar-refractivity contribution in [1.29, 1.82) is 0 Å². The summed E-state index contributed by atoms with van der Waals surface area (Å²) in [4.78, 5) is 11.9. The molecular weight excluding hydrogens is 292 g/mol. The molecule has 1 heterocycles. The van der Waals surface area contributed by atoms with Crippen molar-refractivity contribution in [1.82, 2.24) is 4.90 Å². The summed E-state index contributed by atoms with van der Waals surface area (Å²) >= 11 is 0. The van der Waals surface area contributed by atoms with E-state index in [1.807, 2.05) is 37.4 Å². The number of piperidine rings is 1. The van der Waals surface area contributed by atoms with Crippen molar-refractivity contribution < 1.29 is 23.0 Å². The summed E-state index contributed by atoms with van der Waals surface area (Å²) in [6.45, 7) is 0.356. The Kier molecular flexibility index (Phi) is 9.34. The van der Waals surface area contributed by atoms with E-state index >= 15 is 0 Å². The van der Waals surface area contributed by atoms with E-state index in [9.17, 15) is 13.6 Å². The minimum Gasteiger partial charge on any atom is -0.463 e. The molecule has 0 radical (unpaired) electrons. The van der Waals surface area contributed by atoms with Crippen LogP contribution in [0.5, 0.6) is 0 Å². The number of nitrogens with zero attached hydrogens (tertiary/aromatic N) is 1. The molecule has 0 spiro atoms. The quantitative estimate of drug-likeness (QED) is 0.757. The van der Waals surface area contributed by atoms with Crippen LogP contribution in [-0.2, 0) is 20.9 Å². The summed E-state index contributed by atoms with van der Waals surface area (Å²) in [5, 5.41) is 0. The fourth-order valence-electron chi connectivity index (χ4n) is 2.32. The predicted molar refractivity (Wildman–Crippen MR) is 79.5 cm³/mol. The van der Waals surface area contributed by atoms with E-state index in [-0.39, 0.29) is 12.5 Å². The first-order valence-corrected chi connectivity index (χ1v) is 7.29. The lowest BCUT2D eigenvalue weighted by molar-refractivity contribution is -0.141. The van der Waals surface area contributed by atoms with Gasteiger partial charge in [0.25, 0.3) is 6.47 Å². The zero-order valence-electron chi connectivity index (χ0n) is 12.8. The summed E-state index contributed by atoms with van der Waals surface area (Å²) in [7, 11) is 2.01. The highest BCUT2D eigenvalue weighted by Gasteiger charge is 2.18. The van der Waals surface area contributed by atoms with Gasteiger partial charge in [0.15, 0.2) is 0 Å². The SMILES string of the molecule is CN1CCCC(COC(F)F)C1.O=COCc1ccccc1. The second-order valence-electron chi connectivity index (χ2n) is 5.26. The Morgan fingerprint density at radius 2 is 2.09 bits per heavy atom. The normalized spacial score (nSPS) is 18.5. The van der Waals surface area contributed by atoms with Gasteiger partial charge in [-0.1, -0.05) is 30.3 Å². The van der Waals surface area contributed by atoms with Crippen LogP contribution in [0.15, 0.2) is 30.3 Å². The van der Waals surface area contributed by atoms with E-state index < -0.39 is 6.61 Å². The average molecular weight is 315 g/mol. The molecule has 0 aliphatic carbocycles. The minimum absolute atomic E-state index is 0.196. The molecule has 1 aromatic carbocycles. The summed E-state index contributed by atoms with van der Waals surface area (Å²) in [6.07, 6.45) is 2.10. The fourth-order valence-corrected chi connectivity index (χ4v) is 2.32. The standard InChI is InChI=1S/C8H15F2NO.C8H8O2/c1-11-4-2-3-7(5-11)6-12-8(9)10;9-7-10-6-8-4-2-1-3-5-8/h7-8H,2-6H2,1H3;1-5,7H,6H2. The zero-order valence-corrected chi connectivity index (χ0v) is 12.8.